The fourth-order valence-corrected chi connectivity index (χ4v) is 3.65. The number of unbranched alkanes of at least 4 members (excludes halogenated alkanes) is 4. The maximum absolute atomic E-state index is 8.58. The molecule has 0 amide bonds. The lowest BCUT2D eigenvalue weighted by Gasteiger charge is -2.05. The number of hydrogen-bond acceptors (Lipinski definition) is 3. The van der Waals surface area contributed by atoms with E-state index >= 15 is 0 Å². The van der Waals surface area contributed by atoms with Gasteiger partial charge < -0.3 is 5.11 Å². The van der Waals surface area contributed by atoms with Gasteiger partial charge in [-0.25, -0.2) is 0 Å². The highest BCUT2D eigenvalue weighted by molar-refractivity contribution is 8.78. The van der Waals surface area contributed by atoms with Crippen LogP contribution in [0.1, 0.15) is 38.5 Å². The summed E-state index contributed by atoms with van der Waals surface area (Å²) in [6.07, 6.45) is 9.77. The van der Waals surface area contributed by atoms with E-state index in [0.29, 0.717) is 6.61 Å². The zero-order valence-corrected chi connectivity index (χ0v) is 9.58. The van der Waals surface area contributed by atoms with Crippen molar-refractivity contribution < 1.29 is 5.11 Å². The van der Waals surface area contributed by atoms with Crippen molar-refractivity contribution in [2.75, 3.05) is 6.61 Å². The number of rotatable bonds is 7. The summed E-state index contributed by atoms with van der Waals surface area (Å²) in [6, 6.07) is 0. The molecule has 0 bridgehead atoms. The summed E-state index contributed by atoms with van der Waals surface area (Å²) in [6.45, 7) is 0.359. The third-order valence-corrected chi connectivity index (χ3v) is 4.60. The molecular formula is C10H18OS2. The van der Waals surface area contributed by atoms with Crippen molar-refractivity contribution in [3.8, 4) is 0 Å². The Bertz CT molecular complexity index is 148. The summed E-state index contributed by atoms with van der Waals surface area (Å²) in [5.41, 5.74) is 0. The molecule has 0 spiro atoms. The molecule has 0 saturated carbocycles. The van der Waals surface area contributed by atoms with E-state index in [1.165, 1.54) is 32.1 Å². The molecule has 1 unspecified atom stereocenters. The van der Waals surface area contributed by atoms with E-state index in [0.717, 1.165) is 11.7 Å². The third-order valence-electron chi connectivity index (χ3n) is 2.17. The molecule has 1 aliphatic heterocycles. The minimum Gasteiger partial charge on any atom is -0.396 e. The quantitative estimate of drug-likeness (QED) is 0.521. The number of hydrogen-bond donors (Lipinski definition) is 1. The van der Waals surface area contributed by atoms with Gasteiger partial charge in [-0.2, -0.15) is 0 Å². The molecule has 0 radical (unpaired) electrons. The maximum Gasteiger partial charge on any atom is 0.0431 e. The summed E-state index contributed by atoms with van der Waals surface area (Å²) in [5.74, 6) is 0. The monoisotopic (exact) mass is 218 g/mol. The van der Waals surface area contributed by atoms with E-state index in [1.54, 1.807) is 0 Å². The Kier molecular flexibility index (Phi) is 6.86. The van der Waals surface area contributed by atoms with Crippen molar-refractivity contribution in [1.82, 2.24) is 0 Å². The number of aliphatic hydroxyl groups excluding tert-OH is 1. The second-order valence-electron chi connectivity index (χ2n) is 3.34. The average molecular weight is 218 g/mol. The topological polar surface area (TPSA) is 20.2 Å². The summed E-state index contributed by atoms with van der Waals surface area (Å²) in [5, 5.41) is 11.5. The van der Waals surface area contributed by atoms with Crippen LogP contribution in [0, 0.1) is 0 Å². The fraction of sp³-hybridized carbons (Fsp3) is 0.800. The summed E-state index contributed by atoms with van der Waals surface area (Å²) in [7, 11) is 3.83. The lowest BCUT2D eigenvalue weighted by molar-refractivity contribution is 0.282. The molecule has 0 aromatic carbocycles. The van der Waals surface area contributed by atoms with Crippen LogP contribution >= 0.6 is 21.6 Å². The molecule has 1 rings (SSSR count). The SMILES string of the molecule is OCCCCCCCC1C=CSS1. The van der Waals surface area contributed by atoms with Crippen molar-refractivity contribution in [2.45, 2.75) is 43.8 Å². The molecular weight excluding hydrogens is 200 g/mol. The zero-order chi connectivity index (χ0) is 9.36. The third kappa shape index (κ3) is 5.66. The molecule has 13 heavy (non-hydrogen) atoms. The van der Waals surface area contributed by atoms with E-state index in [4.69, 9.17) is 5.11 Å². The molecule has 0 fully saturated rings. The van der Waals surface area contributed by atoms with Gasteiger partial charge in [0, 0.05) is 11.9 Å². The Labute approximate surface area is 88.8 Å². The van der Waals surface area contributed by atoms with E-state index in [1.807, 2.05) is 21.6 Å². The lowest BCUT2D eigenvalue weighted by Crippen LogP contribution is -1.93. The maximum atomic E-state index is 8.58. The van der Waals surface area contributed by atoms with Crippen molar-refractivity contribution >= 4 is 21.6 Å². The van der Waals surface area contributed by atoms with Crippen molar-refractivity contribution in [2.24, 2.45) is 0 Å². The standard InChI is InChI=1S/C10H18OS2/c11-8-5-3-1-2-4-6-10-7-9-12-13-10/h7,9-11H,1-6,8H2. The van der Waals surface area contributed by atoms with Crippen molar-refractivity contribution in [3.63, 3.8) is 0 Å². The van der Waals surface area contributed by atoms with Crippen LogP contribution in [0.2, 0.25) is 0 Å². The Morgan fingerprint density at radius 2 is 1.85 bits per heavy atom. The van der Waals surface area contributed by atoms with Crippen LogP contribution in [0.3, 0.4) is 0 Å². The minimum atomic E-state index is 0.359. The van der Waals surface area contributed by atoms with Gasteiger partial charge in [0.1, 0.15) is 0 Å². The molecule has 76 valence electrons. The summed E-state index contributed by atoms with van der Waals surface area (Å²) < 4.78 is 0. The molecule has 0 aromatic rings. The van der Waals surface area contributed by atoms with Gasteiger partial charge in [0.25, 0.3) is 0 Å². The van der Waals surface area contributed by atoms with Gasteiger partial charge in [-0.15, -0.1) is 0 Å². The van der Waals surface area contributed by atoms with Gasteiger partial charge in [-0.3, -0.25) is 0 Å². The predicted octanol–water partition coefficient (Wildman–Crippen LogP) is 3.60. The van der Waals surface area contributed by atoms with E-state index in [2.05, 4.69) is 11.5 Å². The van der Waals surface area contributed by atoms with Gasteiger partial charge in [-0.05, 0) is 18.2 Å². The van der Waals surface area contributed by atoms with E-state index < -0.39 is 0 Å². The second-order valence-corrected chi connectivity index (χ2v) is 5.76. The first-order valence-electron chi connectivity index (χ1n) is 5.03. The normalized spacial score (nSPS) is 21.2. The van der Waals surface area contributed by atoms with Gasteiger partial charge in [0.2, 0.25) is 0 Å². The van der Waals surface area contributed by atoms with Gasteiger partial charge in [-0.1, -0.05) is 53.3 Å². The number of aliphatic hydroxyl groups is 1. The van der Waals surface area contributed by atoms with Crippen LogP contribution in [-0.4, -0.2) is 17.0 Å². The minimum absolute atomic E-state index is 0.359. The molecule has 1 N–H and O–H groups in total. The lowest BCUT2D eigenvalue weighted by atomic mass is 10.1. The van der Waals surface area contributed by atoms with Gasteiger partial charge in [0.15, 0.2) is 0 Å². The fourth-order valence-electron chi connectivity index (χ4n) is 1.39. The first-order valence-corrected chi connectivity index (χ1v) is 7.31. The van der Waals surface area contributed by atoms with Gasteiger partial charge in [0.05, 0.1) is 0 Å². The van der Waals surface area contributed by atoms with Crippen LogP contribution in [0.15, 0.2) is 11.5 Å². The average Bonchev–Trinajstić information content (AvgIpc) is 2.63. The Morgan fingerprint density at radius 1 is 1.08 bits per heavy atom. The van der Waals surface area contributed by atoms with E-state index in [9.17, 15) is 0 Å². The van der Waals surface area contributed by atoms with E-state index in [-0.39, 0.29) is 0 Å². The first-order chi connectivity index (χ1) is 6.43. The highest BCUT2D eigenvalue weighted by atomic mass is 33.1. The molecule has 1 nitrogen and oxygen atoms in total. The summed E-state index contributed by atoms with van der Waals surface area (Å²) in [4.78, 5) is 0. The molecule has 0 aliphatic carbocycles. The Balaban J connectivity index is 1.81. The first kappa shape index (κ1) is 11.5. The van der Waals surface area contributed by atoms with Crippen LogP contribution in [0.5, 0.6) is 0 Å². The van der Waals surface area contributed by atoms with Crippen LogP contribution in [0.25, 0.3) is 0 Å². The van der Waals surface area contributed by atoms with Crippen molar-refractivity contribution in [3.05, 3.63) is 11.5 Å². The van der Waals surface area contributed by atoms with Crippen molar-refractivity contribution in [1.29, 1.82) is 0 Å². The van der Waals surface area contributed by atoms with Crippen LogP contribution < -0.4 is 0 Å². The van der Waals surface area contributed by atoms with Gasteiger partial charge >= 0.3 is 0 Å². The predicted molar refractivity (Wildman–Crippen MR) is 62.9 cm³/mol. The molecule has 1 heterocycles. The Hall–Kier alpha value is 0.400. The second kappa shape index (κ2) is 7.77. The van der Waals surface area contributed by atoms with Crippen LogP contribution in [-0.2, 0) is 0 Å². The molecule has 3 heteroatoms. The Morgan fingerprint density at radius 3 is 2.54 bits per heavy atom. The smallest absolute Gasteiger partial charge is 0.0431 e. The zero-order valence-electron chi connectivity index (χ0n) is 7.95. The highest BCUT2D eigenvalue weighted by Gasteiger charge is 2.09. The molecule has 1 aliphatic rings. The highest BCUT2D eigenvalue weighted by Crippen LogP contribution is 2.37. The molecule has 0 aromatic heterocycles. The molecule has 1 atom stereocenters. The largest absolute Gasteiger partial charge is 0.396 e. The molecule has 0 saturated heterocycles. The summed E-state index contributed by atoms with van der Waals surface area (Å²) >= 11 is 0. The van der Waals surface area contributed by atoms with Crippen LogP contribution in [0.4, 0.5) is 0 Å².